The van der Waals surface area contributed by atoms with Crippen molar-refractivity contribution in [2.45, 2.75) is 25.6 Å². The van der Waals surface area contributed by atoms with Gasteiger partial charge in [0.25, 0.3) is 0 Å². The van der Waals surface area contributed by atoms with Crippen molar-refractivity contribution in [3.05, 3.63) is 23.3 Å². The van der Waals surface area contributed by atoms with Crippen LogP contribution in [0.5, 0.6) is 11.5 Å². The lowest BCUT2D eigenvalue weighted by Gasteiger charge is -2.24. The fraction of sp³-hybridized carbons (Fsp3) is 0.538. The van der Waals surface area contributed by atoms with Crippen LogP contribution >= 0.6 is 0 Å². The molecule has 4 nitrogen and oxygen atoms in total. The van der Waals surface area contributed by atoms with Gasteiger partial charge in [-0.2, -0.15) is 0 Å². The molecule has 0 spiro atoms. The highest BCUT2D eigenvalue weighted by atomic mass is 16.6. The first-order valence-corrected chi connectivity index (χ1v) is 5.91. The van der Waals surface area contributed by atoms with Crippen molar-refractivity contribution in [1.82, 2.24) is 0 Å². The van der Waals surface area contributed by atoms with Crippen molar-refractivity contribution in [1.29, 1.82) is 0 Å². The maximum atomic E-state index is 9.56. The van der Waals surface area contributed by atoms with Crippen LogP contribution in [0.2, 0.25) is 0 Å². The molecule has 1 N–H and O–H groups in total. The zero-order chi connectivity index (χ0) is 11.8. The Morgan fingerprint density at radius 3 is 3.00 bits per heavy atom. The van der Waals surface area contributed by atoms with Gasteiger partial charge in [-0.1, -0.05) is 0 Å². The summed E-state index contributed by atoms with van der Waals surface area (Å²) in [5.41, 5.74) is 2.19. The Labute approximate surface area is 100 Å². The molecule has 1 saturated heterocycles. The summed E-state index contributed by atoms with van der Waals surface area (Å²) in [7, 11) is 0. The van der Waals surface area contributed by atoms with E-state index in [2.05, 4.69) is 0 Å². The van der Waals surface area contributed by atoms with E-state index in [4.69, 9.17) is 14.2 Å². The molecule has 0 radical (unpaired) electrons. The van der Waals surface area contributed by atoms with Crippen molar-refractivity contribution in [3.8, 4) is 11.5 Å². The topological polar surface area (TPSA) is 51.2 Å². The van der Waals surface area contributed by atoms with Gasteiger partial charge in [0.2, 0.25) is 0 Å². The molecule has 0 aromatic heterocycles. The maximum Gasteiger partial charge on any atom is 0.126 e. The van der Waals surface area contributed by atoms with E-state index in [9.17, 15) is 5.11 Å². The molecule has 1 fully saturated rings. The summed E-state index contributed by atoms with van der Waals surface area (Å²) in [6.07, 6.45) is 0.523. The molecule has 0 saturated carbocycles. The highest BCUT2D eigenvalue weighted by Crippen LogP contribution is 2.32. The normalized spacial score (nSPS) is 26.0. The van der Waals surface area contributed by atoms with Crippen LogP contribution in [-0.2, 0) is 11.2 Å². The lowest BCUT2D eigenvalue weighted by molar-refractivity contribution is 0.0915. The summed E-state index contributed by atoms with van der Waals surface area (Å²) >= 11 is 0. The number of ether oxygens (including phenoxy) is 3. The minimum atomic E-state index is -0.396. The van der Waals surface area contributed by atoms with Crippen molar-refractivity contribution < 1.29 is 19.3 Å². The van der Waals surface area contributed by atoms with Crippen molar-refractivity contribution in [3.63, 3.8) is 0 Å². The number of aliphatic hydroxyl groups is 1. The molecule has 4 heteroatoms. The number of hydrogen-bond acceptors (Lipinski definition) is 4. The molecule has 3 rings (SSSR count). The Morgan fingerprint density at radius 1 is 1.41 bits per heavy atom. The van der Waals surface area contributed by atoms with Gasteiger partial charge in [0, 0.05) is 18.1 Å². The molecule has 1 aromatic rings. The number of hydrogen-bond donors (Lipinski definition) is 1. The molecule has 17 heavy (non-hydrogen) atoms. The second-order valence-corrected chi connectivity index (χ2v) is 4.65. The van der Waals surface area contributed by atoms with Crippen LogP contribution < -0.4 is 9.47 Å². The lowest BCUT2D eigenvalue weighted by Crippen LogP contribution is -2.26. The van der Waals surface area contributed by atoms with Gasteiger partial charge in [0.15, 0.2) is 0 Å². The molecule has 0 amide bonds. The van der Waals surface area contributed by atoms with Crippen molar-refractivity contribution >= 4 is 0 Å². The van der Waals surface area contributed by atoms with Crippen LogP contribution in [0, 0.1) is 6.92 Å². The fourth-order valence-electron chi connectivity index (χ4n) is 2.06. The first-order valence-electron chi connectivity index (χ1n) is 5.91. The standard InChI is InChI=1S/C13H16O4/c1-8-2-10(15-6-11-7-16-11)4-13-12(8)3-9(14)5-17-13/h2,4,9,11,14H,3,5-7H2,1H3. The number of rotatable bonds is 3. The van der Waals surface area contributed by atoms with E-state index in [1.807, 2.05) is 19.1 Å². The van der Waals surface area contributed by atoms with Gasteiger partial charge in [-0.25, -0.2) is 0 Å². The molecule has 2 heterocycles. The molecular formula is C13H16O4. The maximum absolute atomic E-state index is 9.56. The van der Waals surface area contributed by atoms with E-state index in [0.29, 0.717) is 19.6 Å². The van der Waals surface area contributed by atoms with E-state index in [0.717, 1.165) is 29.2 Å². The minimum absolute atomic E-state index is 0.258. The average molecular weight is 236 g/mol. The third-order valence-corrected chi connectivity index (χ3v) is 3.11. The molecule has 2 aliphatic rings. The van der Waals surface area contributed by atoms with Gasteiger partial charge in [-0.3, -0.25) is 0 Å². The summed E-state index contributed by atoms with van der Waals surface area (Å²) in [5.74, 6) is 1.65. The second-order valence-electron chi connectivity index (χ2n) is 4.65. The smallest absolute Gasteiger partial charge is 0.126 e. The molecular weight excluding hydrogens is 220 g/mol. The minimum Gasteiger partial charge on any atom is -0.491 e. The van der Waals surface area contributed by atoms with Crippen LogP contribution in [0.15, 0.2) is 12.1 Å². The molecule has 0 aliphatic carbocycles. The number of aliphatic hydroxyl groups excluding tert-OH is 1. The highest BCUT2D eigenvalue weighted by molar-refractivity contribution is 5.47. The number of aryl methyl sites for hydroxylation is 1. The van der Waals surface area contributed by atoms with Crippen LogP contribution in [0.4, 0.5) is 0 Å². The van der Waals surface area contributed by atoms with Gasteiger partial charge in [-0.05, 0) is 18.6 Å². The van der Waals surface area contributed by atoms with Gasteiger partial charge < -0.3 is 19.3 Å². The van der Waals surface area contributed by atoms with Gasteiger partial charge >= 0.3 is 0 Å². The highest BCUT2D eigenvalue weighted by Gasteiger charge is 2.24. The van der Waals surface area contributed by atoms with Gasteiger partial charge in [0.05, 0.1) is 12.7 Å². The predicted octanol–water partition coefficient (Wildman–Crippen LogP) is 1.07. The summed E-state index contributed by atoms with van der Waals surface area (Å²) < 4.78 is 16.3. The van der Waals surface area contributed by atoms with E-state index in [1.165, 1.54) is 0 Å². The Morgan fingerprint density at radius 2 is 2.24 bits per heavy atom. The van der Waals surface area contributed by atoms with Crippen LogP contribution in [0.3, 0.4) is 0 Å². The predicted molar refractivity (Wildman–Crippen MR) is 61.6 cm³/mol. The summed E-state index contributed by atoms with van der Waals surface area (Å²) in [6, 6.07) is 3.89. The van der Waals surface area contributed by atoms with Crippen molar-refractivity contribution in [2.24, 2.45) is 0 Å². The number of benzene rings is 1. The third kappa shape index (κ3) is 2.37. The Kier molecular flexibility index (Phi) is 2.68. The Hall–Kier alpha value is -1.26. The molecule has 2 atom stereocenters. The first kappa shape index (κ1) is 10.9. The van der Waals surface area contributed by atoms with E-state index in [-0.39, 0.29) is 6.10 Å². The van der Waals surface area contributed by atoms with Crippen molar-refractivity contribution in [2.75, 3.05) is 19.8 Å². The second kappa shape index (κ2) is 4.20. The summed E-state index contributed by atoms with van der Waals surface area (Å²) in [5, 5.41) is 9.56. The number of fused-ring (bicyclic) bond motifs is 1. The zero-order valence-electron chi connectivity index (χ0n) is 9.81. The van der Waals surface area contributed by atoms with E-state index >= 15 is 0 Å². The van der Waals surface area contributed by atoms with E-state index < -0.39 is 6.10 Å². The molecule has 1 aromatic carbocycles. The Balaban J connectivity index is 1.79. The SMILES string of the molecule is Cc1cc(OCC2CO2)cc2c1CC(O)CO2. The molecule has 2 aliphatic heterocycles. The van der Waals surface area contributed by atoms with Crippen LogP contribution in [-0.4, -0.2) is 37.1 Å². The lowest BCUT2D eigenvalue weighted by atomic mass is 9.99. The molecule has 0 bridgehead atoms. The zero-order valence-corrected chi connectivity index (χ0v) is 9.81. The van der Waals surface area contributed by atoms with Crippen LogP contribution in [0.1, 0.15) is 11.1 Å². The first-order chi connectivity index (χ1) is 8.22. The number of epoxide rings is 1. The van der Waals surface area contributed by atoms with Gasteiger partial charge in [0.1, 0.15) is 30.8 Å². The fourth-order valence-corrected chi connectivity index (χ4v) is 2.06. The van der Waals surface area contributed by atoms with Crippen LogP contribution in [0.25, 0.3) is 0 Å². The monoisotopic (exact) mass is 236 g/mol. The Bertz CT molecular complexity index is 426. The average Bonchev–Trinajstić information content (AvgIpc) is 3.11. The summed E-state index contributed by atoms with van der Waals surface area (Å²) in [6.45, 7) is 3.77. The molecule has 92 valence electrons. The van der Waals surface area contributed by atoms with Gasteiger partial charge in [-0.15, -0.1) is 0 Å². The van der Waals surface area contributed by atoms with E-state index in [1.54, 1.807) is 0 Å². The quantitative estimate of drug-likeness (QED) is 0.797. The molecule has 2 unspecified atom stereocenters. The third-order valence-electron chi connectivity index (χ3n) is 3.11. The largest absolute Gasteiger partial charge is 0.491 e. The summed E-state index contributed by atoms with van der Waals surface area (Å²) in [4.78, 5) is 0.